The molecule has 0 saturated heterocycles. The van der Waals surface area contributed by atoms with Gasteiger partial charge in [0.25, 0.3) is 5.91 Å². The largest absolute Gasteiger partial charge is 0.489 e. The van der Waals surface area contributed by atoms with E-state index in [0.29, 0.717) is 43.2 Å². The second-order valence-electron chi connectivity index (χ2n) is 7.85. The number of ether oxygens (including phenoxy) is 3. The van der Waals surface area contributed by atoms with Crippen LogP contribution in [0, 0.1) is 0 Å². The SMILES string of the molecule is COC(=O)CCCCCNC(=O)c1cc(OCc2ccccc2)ccc1OCc1ccccc1. The molecular weight excluding hydrogens is 430 g/mol. The molecule has 3 aromatic rings. The van der Waals surface area contributed by atoms with Gasteiger partial charge in [0.1, 0.15) is 24.7 Å². The molecule has 3 aromatic carbocycles. The van der Waals surface area contributed by atoms with Crippen LogP contribution in [0.4, 0.5) is 0 Å². The van der Waals surface area contributed by atoms with Crippen LogP contribution < -0.4 is 14.8 Å². The van der Waals surface area contributed by atoms with Crippen LogP contribution in [-0.4, -0.2) is 25.5 Å². The summed E-state index contributed by atoms with van der Waals surface area (Å²) in [6.45, 7) is 1.28. The molecule has 0 saturated carbocycles. The van der Waals surface area contributed by atoms with Gasteiger partial charge in [-0.3, -0.25) is 9.59 Å². The number of nitrogens with one attached hydrogen (secondary N) is 1. The molecule has 0 aliphatic carbocycles. The highest BCUT2D eigenvalue weighted by atomic mass is 16.5. The average molecular weight is 462 g/mol. The Morgan fingerprint density at radius 2 is 1.41 bits per heavy atom. The maximum atomic E-state index is 13.0. The van der Waals surface area contributed by atoms with Gasteiger partial charge < -0.3 is 19.5 Å². The second-order valence-corrected chi connectivity index (χ2v) is 7.85. The normalized spacial score (nSPS) is 10.4. The van der Waals surface area contributed by atoms with Crippen molar-refractivity contribution in [1.82, 2.24) is 5.32 Å². The van der Waals surface area contributed by atoms with Crippen LogP contribution in [0.3, 0.4) is 0 Å². The van der Waals surface area contributed by atoms with E-state index in [1.807, 2.05) is 66.7 Å². The number of benzene rings is 3. The first-order chi connectivity index (χ1) is 16.7. The number of esters is 1. The molecule has 0 spiro atoms. The Bertz CT molecular complexity index is 1040. The molecule has 0 bridgehead atoms. The van der Waals surface area contributed by atoms with Crippen LogP contribution in [-0.2, 0) is 22.7 Å². The minimum absolute atomic E-state index is 0.212. The van der Waals surface area contributed by atoms with Gasteiger partial charge in [0.2, 0.25) is 0 Å². The third kappa shape index (κ3) is 8.28. The highest BCUT2D eigenvalue weighted by Crippen LogP contribution is 2.26. The van der Waals surface area contributed by atoms with E-state index in [-0.39, 0.29) is 11.9 Å². The first-order valence-electron chi connectivity index (χ1n) is 11.5. The molecule has 3 rings (SSSR count). The van der Waals surface area contributed by atoms with Gasteiger partial charge in [0.05, 0.1) is 12.7 Å². The lowest BCUT2D eigenvalue weighted by Gasteiger charge is -2.14. The van der Waals surface area contributed by atoms with Gasteiger partial charge in [-0.25, -0.2) is 0 Å². The standard InChI is InChI=1S/C28H31NO5/c1-32-27(30)15-9-4-10-18-29-28(31)25-19-24(33-20-22-11-5-2-6-12-22)16-17-26(25)34-21-23-13-7-3-8-14-23/h2-3,5-8,11-14,16-17,19H,4,9-10,15,18,20-21H2,1H3,(H,29,31). The number of hydrogen-bond acceptors (Lipinski definition) is 5. The topological polar surface area (TPSA) is 73.9 Å². The van der Waals surface area contributed by atoms with Crippen LogP contribution in [0.1, 0.15) is 47.2 Å². The van der Waals surface area contributed by atoms with Crippen LogP contribution in [0.15, 0.2) is 78.9 Å². The zero-order chi connectivity index (χ0) is 24.0. The number of carbonyl (C=O) groups excluding carboxylic acids is 2. The Kier molecular flexibility index (Phi) is 9.99. The number of hydrogen-bond donors (Lipinski definition) is 1. The molecule has 34 heavy (non-hydrogen) atoms. The van der Waals surface area contributed by atoms with Crippen molar-refractivity contribution in [2.24, 2.45) is 0 Å². The van der Waals surface area contributed by atoms with Crippen molar-refractivity contribution in [3.63, 3.8) is 0 Å². The average Bonchev–Trinajstić information content (AvgIpc) is 2.89. The van der Waals surface area contributed by atoms with E-state index in [4.69, 9.17) is 9.47 Å². The predicted octanol–water partition coefficient (Wildman–Crippen LogP) is 5.31. The lowest BCUT2D eigenvalue weighted by atomic mass is 10.1. The van der Waals surface area contributed by atoms with Crippen LogP contribution in [0.25, 0.3) is 0 Å². The first-order valence-corrected chi connectivity index (χ1v) is 11.5. The summed E-state index contributed by atoms with van der Waals surface area (Å²) in [6, 6.07) is 25.0. The Labute approximate surface area is 200 Å². The van der Waals surface area contributed by atoms with Gasteiger partial charge in [-0.2, -0.15) is 0 Å². The highest BCUT2D eigenvalue weighted by Gasteiger charge is 2.15. The third-order valence-electron chi connectivity index (χ3n) is 5.25. The molecule has 0 aromatic heterocycles. The molecule has 6 heteroatoms. The fourth-order valence-electron chi connectivity index (χ4n) is 3.35. The van der Waals surface area contributed by atoms with Crippen molar-refractivity contribution in [1.29, 1.82) is 0 Å². The van der Waals surface area contributed by atoms with Crippen LogP contribution >= 0.6 is 0 Å². The smallest absolute Gasteiger partial charge is 0.305 e. The lowest BCUT2D eigenvalue weighted by molar-refractivity contribution is -0.140. The summed E-state index contributed by atoms with van der Waals surface area (Å²) in [7, 11) is 1.39. The van der Waals surface area contributed by atoms with Crippen molar-refractivity contribution in [3.05, 3.63) is 95.6 Å². The van der Waals surface area contributed by atoms with Gasteiger partial charge in [0, 0.05) is 13.0 Å². The molecule has 0 aliphatic heterocycles. The Morgan fingerprint density at radius 3 is 2.06 bits per heavy atom. The summed E-state index contributed by atoms with van der Waals surface area (Å²) in [6.07, 6.45) is 2.72. The molecule has 178 valence electrons. The molecule has 1 amide bonds. The summed E-state index contributed by atoms with van der Waals surface area (Å²) in [4.78, 5) is 24.2. The van der Waals surface area contributed by atoms with E-state index in [1.165, 1.54) is 7.11 Å². The van der Waals surface area contributed by atoms with Crippen molar-refractivity contribution in [2.45, 2.75) is 38.9 Å². The summed E-state index contributed by atoms with van der Waals surface area (Å²) in [5.74, 6) is 0.663. The van der Waals surface area contributed by atoms with E-state index in [0.717, 1.165) is 30.4 Å². The molecule has 0 atom stereocenters. The second kappa shape index (κ2) is 13.7. The van der Waals surface area contributed by atoms with E-state index >= 15 is 0 Å². The van der Waals surface area contributed by atoms with E-state index in [2.05, 4.69) is 10.1 Å². The molecular formula is C28H31NO5. The van der Waals surface area contributed by atoms with E-state index in [9.17, 15) is 9.59 Å². The van der Waals surface area contributed by atoms with Crippen molar-refractivity contribution in [2.75, 3.05) is 13.7 Å². The number of carbonyl (C=O) groups is 2. The van der Waals surface area contributed by atoms with Crippen molar-refractivity contribution < 1.29 is 23.8 Å². The minimum atomic E-state index is -0.221. The Balaban J connectivity index is 1.62. The monoisotopic (exact) mass is 461 g/mol. The van der Waals surface area contributed by atoms with E-state index in [1.54, 1.807) is 12.1 Å². The summed E-state index contributed by atoms with van der Waals surface area (Å²) in [5.41, 5.74) is 2.49. The first kappa shape index (κ1) is 24.8. The van der Waals surface area contributed by atoms with Gasteiger partial charge in [-0.15, -0.1) is 0 Å². The van der Waals surface area contributed by atoms with Gasteiger partial charge in [-0.1, -0.05) is 67.1 Å². The number of amides is 1. The number of methoxy groups -OCH3 is 1. The lowest BCUT2D eigenvalue weighted by Crippen LogP contribution is -2.25. The zero-order valence-corrected chi connectivity index (χ0v) is 19.5. The maximum absolute atomic E-state index is 13.0. The summed E-state index contributed by atoms with van der Waals surface area (Å²) >= 11 is 0. The number of unbranched alkanes of at least 4 members (excludes halogenated alkanes) is 2. The maximum Gasteiger partial charge on any atom is 0.305 e. The van der Waals surface area contributed by atoms with Crippen LogP contribution in [0.5, 0.6) is 11.5 Å². The Hall–Kier alpha value is -3.80. The molecule has 0 aliphatic rings. The van der Waals surface area contributed by atoms with Crippen molar-refractivity contribution in [3.8, 4) is 11.5 Å². The Morgan fingerprint density at radius 1 is 0.765 bits per heavy atom. The van der Waals surface area contributed by atoms with Crippen LogP contribution in [0.2, 0.25) is 0 Å². The molecule has 6 nitrogen and oxygen atoms in total. The molecule has 0 heterocycles. The molecule has 0 unspecified atom stereocenters. The quantitative estimate of drug-likeness (QED) is 0.276. The van der Waals surface area contributed by atoms with Gasteiger partial charge in [-0.05, 0) is 42.2 Å². The summed E-state index contributed by atoms with van der Waals surface area (Å²) < 4.78 is 16.5. The van der Waals surface area contributed by atoms with Gasteiger partial charge in [0.15, 0.2) is 0 Å². The van der Waals surface area contributed by atoms with E-state index < -0.39 is 0 Å². The molecule has 1 N–H and O–H groups in total. The fraction of sp³-hybridized carbons (Fsp3) is 0.286. The predicted molar refractivity (Wildman–Crippen MR) is 131 cm³/mol. The van der Waals surface area contributed by atoms with Gasteiger partial charge >= 0.3 is 5.97 Å². The summed E-state index contributed by atoms with van der Waals surface area (Å²) in [5, 5.41) is 2.95. The molecule has 0 radical (unpaired) electrons. The minimum Gasteiger partial charge on any atom is -0.489 e. The highest BCUT2D eigenvalue weighted by molar-refractivity contribution is 5.97. The molecule has 0 fully saturated rings. The zero-order valence-electron chi connectivity index (χ0n) is 19.5. The van der Waals surface area contributed by atoms with Crippen molar-refractivity contribution >= 4 is 11.9 Å². The number of rotatable bonds is 13. The third-order valence-corrected chi connectivity index (χ3v) is 5.25. The fourth-order valence-corrected chi connectivity index (χ4v) is 3.35.